The third-order valence-electron chi connectivity index (χ3n) is 3.98. The molecule has 1 aliphatic rings. The summed E-state index contributed by atoms with van der Waals surface area (Å²) in [4.78, 5) is 26.1. The summed E-state index contributed by atoms with van der Waals surface area (Å²) in [6.45, 7) is 2.23. The summed E-state index contributed by atoms with van der Waals surface area (Å²) in [5, 5.41) is 2.80. The second-order valence-electron chi connectivity index (χ2n) is 5.75. The highest BCUT2D eigenvalue weighted by Gasteiger charge is 2.23. The summed E-state index contributed by atoms with van der Waals surface area (Å²) in [6, 6.07) is 11.5. The summed E-state index contributed by atoms with van der Waals surface area (Å²) < 4.78 is 5.43. The molecule has 0 aliphatic carbocycles. The van der Waals surface area contributed by atoms with E-state index in [1.54, 1.807) is 4.90 Å². The number of carbonyl (C=O) groups is 2. The van der Waals surface area contributed by atoms with Crippen LogP contribution in [0, 0.1) is 6.92 Å². The molecule has 0 unspecified atom stereocenters. The number of fused-ring (bicyclic) bond motifs is 1. The van der Waals surface area contributed by atoms with Gasteiger partial charge in [0, 0.05) is 12.1 Å². The second-order valence-corrected chi connectivity index (χ2v) is 5.75. The molecule has 2 heterocycles. The van der Waals surface area contributed by atoms with Crippen molar-refractivity contribution in [3.63, 3.8) is 0 Å². The van der Waals surface area contributed by atoms with Gasteiger partial charge in [0.05, 0.1) is 6.54 Å². The van der Waals surface area contributed by atoms with Gasteiger partial charge < -0.3 is 14.6 Å². The highest BCUT2D eigenvalue weighted by molar-refractivity contribution is 5.99. The van der Waals surface area contributed by atoms with Gasteiger partial charge in [-0.3, -0.25) is 9.59 Å². The van der Waals surface area contributed by atoms with E-state index in [1.807, 2.05) is 43.3 Å². The predicted octanol–water partition coefficient (Wildman–Crippen LogP) is 2.57. The third kappa shape index (κ3) is 3.62. The number of carbonyl (C=O) groups excluding carboxylic acids is 2. The quantitative estimate of drug-likeness (QED) is 0.944. The molecule has 0 fully saturated rings. The average molecular weight is 312 g/mol. The van der Waals surface area contributed by atoms with Crippen LogP contribution in [0.3, 0.4) is 0 Å². The fourth-order valence-corrected chi connectivity index (χ4v) is 2.82. The number of nitrogens with zero attached hydrogens (tertiary/aromatic N) is 1. The van der Waals surface area contributed by atoms with Crippen molar-refractivity contribution < 1.29 is 14.0 Å². The van der Waals surface area contributed by atoms with E-state index in [0.717, 1.165) is 29.9 Å². The molecular weight excluding hydrogens is 292 g/mol. The van der Waals surface area contributed by atoms with Gasteiger partial charge in [-0.1, -0.05) is 18.2 Å². The van der Waals surface area contributed by atoms with Gasteiger partial charge in [0.15, 0.2) is 0 Å². The fraction of sp³-hybridized carbons (Fsp3) is 0.333. The smallest absolute Gasteiger partial charge is 0.240 e. The van der Waals surface area contributed by atoms with Gasteiger partial charge in [-0.05, 0) is 43.5 Å². The van der Waals surface area contributed by atoms with E-state index >= 15 is 0 Å². The zero-order valence-electron chi connectivity index (χ0n) is 13.2. The average Bonchev–Trinajstić information content (AvgIpc) is 2.89. The molecule has 0 radical (unpaired) electrons. The maximum Gasteiger partial charge on any atom is 0.240 e. The van der Waals surface area contributed by atoms with Crippen molar-refractivity contribution in [2.45, 2.75) is 32.7 Å². The number of rotatable bonds is 4. The largest absolute Gasteiger partial charge is 0.465 e. The van der Waals surface area contributed by atoms with Crippen LogP contribution in [-0.4, -0.2) is 18.4 Å². The molecule has 0 spiro atoms. The first-order chi connectivity index (χ1) is 11.1. The van der Waals surface area contributed by atoms with Gasteiger partial charge in [-0.25, -0.2) is 0 Å². The highest BCUT2D eigenvalue weighted by Crippen LogP contribution is 2.26. The van der Waals surface area contributed by atoms with Crippen molar-refractivity contribution in [2.75, 3.05) is 11.4 Å². The zero-order chi connectivity index (χ0) is 16.2. The minimum atomic E-state index is -0.191. The van der Waals surface area contributed by atoms with E-state index in [1.165, 1.54) is 0 Å². The number of amides is 2. The molecule has 5 heteroatoms. The van der Waals surface area contributed by atoms with Crippen molar-refractivity contribution in [3.8, 4) is 0 Å². The summed E-state index contributed by atoms with van der Waals surface area (Å²) in [7, 11) is 0. The highest BCUT2D eigenvalue weighted by atomic mass is 16.3. The SMILES string of the molecule is Cc1ccc(CNC(=O)CN2C(=O)CCCc3ccccc32)o1. The van der Waals surface area contributed by atoms with E-state index in [4.69, 9.17) is 4.42 Å². The number of furan rings is 1. The Labute approximate surface area is 135 Å². The summed E-state index contributed by atoms with van der Waals surface area (Å²) in [6.07, 6.45) is 2.16. The maximum absolute atomic E-state index is 12.3. The number of aryl methyl sites for hydroxylation is 2. The Balaban J connectivity index is 1.68. The van der Waals surface area contributed by atoms with Crippen LogP contribution in [0.1, 0.15) is 29.9 Å². The number of benzene rings is 1. The molecule has 1 aromatic heterocycles. The molecule has 5 nitrogen and oxygen atoms in total. The number of hydrogen-bond donors (Lipinski definition) is 1. The first-order valence-corrected chi connectivity index (χ1v) is 7.84. The van der Waals surface area contributed by atoms with Crippen LogP contribution in [0.15, 0.2) is 40.8 Å². The normalized spacial score (nSPS) is 14.3. The Morgan fingerprint density at radius 2 is 2.04 bits per heavy atom. The first kappa shape index (κ1) is 15.3. The number of nitrogens with one attached hydrogen (secondary N) is 1. The minimum Gasteiger partial charge on any atom is -0.465 e. The minimum absolute atomic E-state index is 0.000979. The van der Waals surface area contributed by atoms with Crippen molar-refractivity contribution in [1.82, 2.24) is 5.32 Å². The van der Waals surface area contributed by atoms with Crippen LogP contribution in [0.2, 0.25) is 0 Å². The van der Waals surface area contributed by atoms with E-state index in [9.17, 15) is 9.59 Å². The Morgan fingerprint density at radius 1 is 1.22 bits per heavy atom. The second kappa shape index (κ2) is 6.69. The van der Waals surface area contributed by atoms with Crippen LogP contribution < -0.4 is 10.2 Å². The monoisotopic (exact) mass is 312 g/mol. The molecule has 0 atom stereocenters. The van der Waals surface area contributed by atoms with Gasteiger partial charge in [-0.15, -0.1) is 0 Å². The Hall–Kier alpha value is -2.56. The lowest BCUT2D eigenvalue weighted by Gasteiger charge is -2.22. The van der Waals surface area contributed by atoms with E-state index < -0.39 is 0 Å². The Kier molecular flexibility index (Phi) is 4.46. The van der Waals surface area contributed by atoms with Crippen molar-refractivity contribution in [1.29, 1.82) is 0 Å². The van der Waals surface area contributed by atoms with Crippen molar-refractivity contribution in [3.05, 3.63) is 53.5 Å². The lowest BCUT2D eigenvalue weighted by Crippen LogP contribution is -2.40. The topological polar surface area (TPSA) is 62.6 Å². The predicted molar refractivity (Wildman–Crippen MR) is 87.0 cm³/mol. The number of para-hydroxylation sites is 1. The molecule has 1 aromatic carbocycles. The molecule has 2 amide bonds. The van der Waals surface area contributed by atoms with E-state index in [0.29, 0.717) is 18.7 Å². The first-order valence-electron chi connectivity index (χ1n) is 7.84. The van der Waals surface area contributed by atoms with Crippen LogP contribution in [0.5, 0.6) is 0 Å². The number of hydrogen-bond acceptors (Lipinski definition) is 3. The fourth-order valence-electron chi connectivity index (χ4n) is 2.82. The molecule has 2 aromatic rings. The van der Waals surface area contributed by atoms with E-state index in [2.05, 4.69) is 5.32 Å². The van der Waals surface area contributed by atoms with Gasteiger partial charge in [0.2, 0.25) is 11.8 Å². The molecule has 0 saturated heterocycles. The standard InChI is InChI=1S/C18H20N2O3/c1-13-9-10-15(23-13)11-19-17(21)12-20-16-7-3-2-5-14(16)6-4-8-18(20)22/h2-3,5,7,9-10H,4,6,8,11-12H2,1H3,(H,19,21). The molecule has 0 bridgehead atoms. The summed E-state index contributed by atoms with van der Waals surface area (Å²) in [5.74, 6) is 1.33. The Bertz CT molecular complexity index is 721. The van der Waals surface area contributed by atoms with Gasteiger partial charge in [-0.2, -0.15) is 0 Å². The van der Waals surface area contributed by atoms with Gasteiger partial charge in [0.1, 0.15) is 18.1 Å². The molecule has 120 valence electrons. The maximum atomic E-state index is 12.3. The lowest BCUT2D eigenvalue weighted by molar-refractivity contribution is -0.124. The lowest BCUT2D eigenvalue weighted by atomic mass is 10.1. The summed E-state index contributed by atoms with van der Waals surface area (Å²) in [5.41, 5.74) is 1.96. The zero-order valence-corrected chi connectivity index (χ0v) is 13.2. The van der Waals surface area contributed by atoms with Gasteiger partial charge >= 0.3 is 0 Å². The molecule has 1 aliphatic heterocycles. The van der Waals surface area contributed by atoms with Crippen molar-refractivity contribution in [2.24, 2.45) is 0 Å². The number of anilines is 1. The third-order valence-corrected chi connectivity index (χ3v) is 3.98. The van der Waals surface area contributed by atoms with Gasteiger partial charge in [0.25, 0.3) is 0 Å². The molecule has 23 heavy (non-hydrogen) atoms. The molecular formula is C18H20N2O3. The van der Waals surface area contributed by atoms with Crippen LogP contribution in [-0.2, 0) is 22.6 Å². The van der Waals surface area contributed by atoms with Crippen LogP contribution in [0.4, 0.5) is 5.69 Å². The molecule has 1 N–H and O–H groups in total. The molecule has 0 saturated carbocycles. The van der Waals surface area contributed by atoms with Crippen molar-refractivity contribution >= 4 is 17.5 Å². The molecule has 3 rings (SSSR count). The van der Waals surface area contributed by atoms with E-state index in [-0.39, 0.29) is 18.4 Å². The Morgan fingerprint density at radius 3 is 2.83 bits per heavy atom. The van der Waals surface area contributed by atoms with Crippen LogP contribution >= 0.6 is 0 Å². The van der Waals surface area contributed by atoms with Crippen LogP contribution in [0.25, 0.3) is 0 Å². The summed E-state index contributed by atoms with van der Waals surface area (Å²) >= 11 is 0.